The molecule has 27 heavy (non-hydrogen) atoms. The lowest BCUT2D eigenvalue weighted by atomic mass is 10.1. The number of carbonyl (C=O) groups excluding carboxylic acids is 1. The van der Waals surface area contributed by atoms with Gasteiger partial charge in [0.25, 0.3) is 0 Å². The van der Waals surface area contributed by atoms with Crippen LogP contribution >= 0.6 is 0 Å². The number of benzene rings is 2. The lowest BCUT2D eigenvalue weighted by Crippen LogP contribution is -2.37. The van der Waals surface area contributed by atoms with Crippen molar-refractivity contribution >= 4 is 27.3 Å². The van der Waals surface area contributed by atoms with Crippen molar-refractivity contribution in [2.75, 3.05) is 35.6 Å². The van der Waals surface area contributed by atoms with E-state index in [0.717, 1.165) is 21.7 Å². The van der Waals surface area contributed by atoms with Gasteiger partial charge in [-0.2, -0.15) is 0 Å². The first-order chi connectivity index (χ1) is 12.7. The van der Waals surface area contributed by atoms with Gasteiger partial charge in [-0.15, -0.1) is 0 Å². The second kappa shape index (κ2) is 7.48. The van der Waals surface area contributed by atoms with Gasteiger partial charge in [0.1, 0.15) is 19.8 Å². The molecule has 2 aromatic carbocycles. The molecule has 1 aliphatic heterocycles. The molecule has 0 bridgehead atoms. The summed E-state index contributed by atoms with van der Waals surface area (Å²) in [5.41, 5.74) is 2.99. The molecule has 144 valence electrons. The second-order valence-electron chi connectivity index (χ2n) is 6.46. The number of sulfonamides is 1. The van der Waals surface area contributed by atoms with Gasteiger partial charge in [0.2, 0.25) is 15.9 Å². The number of nitrogens with zero attached hydrogens (tertiary/aromatic N) is 1. The summed E-state index contributed by atoms with van der Waals surface area (Å²) in [5.74, 6) is 0.586. The number of nitrogens with one attached hydrogen (secondary N) is 1. The number of anilines is 2. The number of ether oxygens (including phenoxy) is 2. The molecule has 0 saturated carbocycles. The molecular formula is C19H22N2O5S. The lowest BCUT2D eigenvalue weighted by Gasteiger charge is -2.25. The minimum absolute atomic E-state index is 0.341. The molecule has 3 rings (SSSR count). The van der Waals surface area contributed by atoms with Crippen LogP contribution in [0.4, 0.5) is 11.4 Å². The first kappa shape index (κ1) is 19.0. The van der Waals surface area contributed by atoms with Gasteiger partial charge in [-0.3, -0.25) is 9.10 Å². The van der Waals surface area contributed by atoms with Crippen molar-refractivity contribution < 1.29 is 22.7 Å². The molecule has 1 N–H and O–H groups in total. The maximum atomic E-state index is 12.5. The van der Waals surface area contributed by atoms with E-state index in [1.54, 1.807) is 24.3 Å². The highest BCUT2D eigenvalue weighted by molar-refractivity contribution is 7.92. The summed E-state index contributed by atoms with van der Waals surface area (Å²) >= 11 is 0. The summed E-state index contributed by atoms with van der Waals surface area (Å²) in [4.78, 5) is 12.5. The van der Waals surface area contributed by atoms with Crippen LogP contribution in [0.15, 0.2) is 36.4 Å². The molecule has 0 spiro atoms. The highest BCUT2D eigenvalue weighted by atomic mass is 32.2. The van der Waals surface area contributed by atoms with Crippen molar-refractivity contribution in [3.05, 3.63) is 47.5 Å². The maximum absolute atomic E-state index is 12.5. The SMILES string of the molecule is Cc1ccc(NC(=O)CN(c2ccc3c(c2)OCCO3)S(C)(=O)=O)c(C)c1. The zero-order valence-electron chi connectivity index (χ0n) is 15.5. The van der Waals surface area contributed by atoms with Crippen LogP contribution in [0.1, 0.15) is 11.1 Å². The number of fused-ring (bicyclic) bond motifs is 1. The average molecular weight is 390 g/mol. The zero-order chi connectivity index (χ0) is 19.6. The highest BCUT2D eigenvalue weighted by Crippen LogP contribution is 2.34. The van der Waals surface area contributed by atoms with Crippen molar-refractivity contribution in [2.45, 2.75) is 13.8 Å². The highest BCUT2D eigenvalue weighted by Gasteiger charge is 2.23. The number of aryl methyl sites for hydroxylation is 2. The Morgan fingerprint density at radius 2 is 1.78 bits per heavy atom. The molecule has 0 fully saturated rings. The van der Waals surface area contributed by atoms with E-state index in [1.165, 1.54) is 0 Å². The largest absolute Gasteiger partial charge is 0.486 e. The van der Waals surface area contributed by atoms with E-state index >= 15 is 0 Å². The minimum Gasteiger partial charge on any atom is -0.486 e. The van der Waals surface area contributed by atoms with Crippen LogP contribution in [0.3, 0.4) is 0 Å². The summed E-state index contributed by atoms with van der Waals surface area (Å²) in [6, 6.07) is 10.4. The summed E-state index contributed by atoms with van der Waals surface area (Å²) in [7, 11) is -3.67. The molecule has 0 radical (unpaired) electrons. The summed E-state index contributed by atoms with van der Waals surface area (Å²) in [6.45, 7) is 4.35. The Kier molecular flexibility index (Phi) is 5.27. The van der Waals surface area contributed by atoms with Gasteiger partial charge in [-0.1, -0.05) is 17.7 Å². The Morgan fingerprint density at radius 1 is 1.07 bits per heavy atom. The van der Waals surface area contributed by atoms with E-state index in [4.69, 9.17) is 9.47 Å². The van der Waals surface area contributed by atoms with E-state index in [2.05, 4.69) is 5.32 Å². The second-order valence-corrected chi connectivity index (χ2v) is 8.37. The summed E-state index contributed by atoms with van der Waals surface area (Å²) in [5, 5.41) is 2.77. The molecule has 1 heterocycles. The van der Waals surface area contributed by atoms with Crippen molar-refractivity contribution in [3.8, 4) is 11.5 Å². The smallest absolute Gasteiger partial charge is 0.245 e. The van der Waals surface area contributed by atoms with E-state index in [9.17, 15) is 13.2 Å². The van der Waals surface area contributed by atoms with Crippen molar-refractivity contribution in [1.82, 2.24) is 0 Å². The van der Waals surface area contributed by atoms with Crippen LogP contribution in [0.5, 0.6) is 11.5 Å². The molecule has 2 aromatic rings. The van der Waals surface area contributed by atoms with Crippen molar-refractivity contribution in [1.29, 1.82) is 0 Å². The Bertz CT molecular complexity index is 972. The summed E-state index contributed by atoms with van der Waals surface area (Å²) < 4.78 is 36.6. The van der Waals surface area contributed by atoms with Gasteiger partial charge in [-0.25, -0.2) is 8.42 Å². The number of hydrogen-bond donors (Lipinski definition) is 1. The van der Waals surface area contributed by atoms with Crippen LogP contribution in [-0.4, -0.2) is 40.3 Å². The van der Waals surface area contributed by atoms with Crippen LogP contribution in [-0.2, 0) is 14.8 Å². The number of carbonyl (C=O) groups is 1. The van der Waals surface area contributed by atoms with Crippen molar-refractivity contribution in [2.24, 2.45) is 0 Å². The third-order valence-corrected chi connectivity index (χ3v) is 5.30. The fourth-order valence-corrected chi connectivity index (χ4v) is 3.71. The van der Waals surface area contributed by atoms with E-state index < -0.39 is 15.9 Å². The van der Waals surface area contributed by atoms with Crippen LogP contribution < -0.4 is 19.1 Å². The molecule has 7 nitrogen and oxygen atoms in total. The van der Waals surface area contributed by atoms with Crippen LogP contribution in [0.2, 0.25) is 0 Å². The first-order valence-corrected chi connectivity index (χ1v) is 10.3. The molecule has 0 aromatic heterocycles. The molecule has 0 atom stereocenters. The van der Waals surface area contributed by atoms with Gasteiger partial charge in [0, 0.05) is 11.8 Å². The van der Waals surface area contributed by atoms with Crippen LogP contribution in [0, 0.1) is 13.8 Å². The lowest BCUT2D eigenvalue weighted by molar-refractivity contribution is -0.114. The molecule has 0 saturated heterocycles. The Labute approximate surface area is 158 Å². The monoisotopic (exact) mass is 390 g/mol. The fraction of sp³-hybridized carbons (Fsp3) is 0.316. The normalized spacial score (nSPS) is 13.1. The standard InChI is InChI=1S/C19H22N2O5S/c1-13-4-6-16(14(2)10-13)20-19(22)12-21(27(3,23)24)15-5-7-17-18(11-15)26-9-8-25-17/h4-7,10-11H,8-9,12H2,1-3H3,(H,20,22). The van der Waals surface area contributed by atoms with Gasteiger partial charge in [0.15, 0.2) is 11.5 Å². The van der Waals surface area contributed by atoms with E-state index in [1.807, 2.05) is 26.0 Å². The molecule has 1 aliphatic rings. The minimum atomic E-state index is -3.67. The van der Waals surface area contributed by atoms with Crippen LogP contribution in [0.25, 0.3) is 0 Å². The predicted molar refractivity (Wildman–Crippen MR) is 104 cm³/mol. The average Bonchev–Trinajstić information content (AvgIpc) is 2.61. The molecule has 0 unspecified atom stereocenters. The molecule has 1 amide bonds. The maximum Gasteiger partial charge on any atom is 0.245 e. The quantitative estimate of drug-likeness (QED) is 0.848. The fourth-order valence-electron chi connectivity index (χ4n) is 2.86. The number of amides is 1. The Balaban J connectivity index is 1.82. The zero-order valence-corrected chi connectivity index (χ0v) is 16.3. The van der Waals surface area contributed by atoms with E-state index in [-0.39, 0.29) is 6.54 Å². The molecule has 8 heteroatoms. The first-order valence-electron chi connectivity index (χ1n) is 8.48. The summed E-state index contributed by atoms with van der Waals surface area (Å²) in [6.07, 6.45) is 1.06. The topological polar surface area (TPSA) is 84.9 Å². The third kappa shape index (κ3) is 4.51. The third-order valence-electron chi connectivity index (χ3n) is 4.16. The van der Waals surface area contributed by atoms with Gasteiger partial charge >= 0.3 is 0 Å². The molecule has 0 aliphatic carbocycles. The van der Waals surface area contributed by atoms with E-state index in [0.29, 0.717) is 36.1 Å². The molecular weight excluding hydrogens is 368 g/mol. The Morgan fingerprint density at radius 3 is 2.44 bits per heavy atom. The predicted octanol–water partition coefficient (Wildman–Crippen LogP) is 2.48. The Hall–Kier alpha value is -2.74. The number of rotatable bonds is 5. The van der Waals surface area contributed by atoms with Crippen molar-refractivity contribution in [3.63, 3.8) is 0 Å². The number of hydrogen-bond acceptors (Lipinski definition) is 5. The van der Waals surface area contributed by atoms with Gasteiger partial charge in [0.05, 0.1) is 11.9 Å². The van der Waals surface area contributed by atoms with Gasteiger partial charge in [-0.05, 0) is 37.6 Å². The van der Waals surface area contributed by atoms with Gasteiger partial charge < -0.3 is 14.8 Å².